The van der Waals surface area contributed by atoms with Gasteiger partial charge in [-0.05, 0) is 65.1 Å². The van der Waals surface area contributed by atoms with Crippen molar-refractivity contribution < 1.29 is 14.3 Å². The average Bonchev–Trinajstić information content (AvgIpc) is 3.35. The molecule has 1 atom stereocenters. The number of hydrogen-bond donors (Lipinski definition) is 2. The van der Waals surface area contributed by atoms with Crippen LogP contribution in [0.15, 0.2) is 30.5 Å². The maximum absolute atomic E-state index is 12.6. The van der Waals surface area contributed by atoms with Crippen LogP contribution in [0.1, 0.15) is 63.2 Å². The van der Waals surface area contributed by atoms with Crippen LogP contribution in [0.5, 0.6) is 0 Å². The first-order chi connectivity index (χ1) is 15.7. The molecule has 1 aromatic heterocycles. The van der Waals surface area contributed by atoms with Crippen molar-refractivity contribution in [2.45, 2.75) is 58.5 Å². The molecule has 0 unspecified atom stereocenters. The lowest BCUT2D eigenvalue weighted by Crippen LogP contribution is -2.36. The Kier molecular flexibility index (Phi) is 8.78. The topological polar surface area (TPSA) is 75.6 Å². The Hall–Kier alpha value is -2.54. The molecule has 3 rings (SSSR count). The quantitative estimate of drug-likeness (QED) is 0.522. The first-order valence-corrected chi connectivity index (χ1v) is 12.2. The summed E-state index contributed by atoms with van der Waals surface area (Å²) in [7, 11) is 1.97. The Bertz CT molecular complexity index is 931. The maximum atomic E-state index is 12.6. The molecule has 2 aromatic rings. The molecule has 0 spiro atoms. The lowest BCUT2D eigenvalue weighted by atomic mass is 10.1. The largest absolute Gasteiger partial charge is 0.444 e. The van der Waals surface area contributed by atoms with E-state index in [1.807, 2.05) is 62.8 Å². The smallest absolute Gasteiger partial charge is 0.407 e. The summed E-state index contributed by atoms with van der Waals surface area (Å²) in [5, 5.41) is 6.97. The van der Waals surface area contributed by atoms with E-state index in [9.17, 15) is 9.59 Å². The van der Waals surface area contributed by atoms with E-state index < -0.39 is 5.60 Å². The molecule has 1 aliphatic heterocycles. The number of alkyl carbamates (subject to hydrolysis) is 1. The number of carbonyl (C=O) groups is 2. The van der Waals surface area contributed by atoms with Gasteiger partial charge in [-0.2, -0.15) is 0 Å². The van der Waals surface area contributed by atoms with Crippen LogP contribution in [-0.4, -0.2) is 59.8 Å². The normalized spacial score (nSPS) is 16.8. The van der Waals surface area contributed by atoms with Gasteiger partial charge in [-0.1, -0.05) is 31.0 Å². The molecule has 2 N–H and O–H groups in total. The summed E-state index contributed by atoms with van der Waals surface area (Å²) in [5.74, 6) is 0.511. The summed E-state index contributed by atoms with van der Waals surface area (Å²) in [6.45, 7) is 10.3. The molecule has 0 bridgehead atoms. The Morgan fingerprint density at radius 1 is 1.09 bits per heavy atom. The number of carbonyl (C=O) groups excluding carboxylic acids is 2. The van der Waals surface area contributed by atoms with Crippen LogP contribution in [0.4, 0.5) is 4.79 Å². The molecule has 0 aliphatic carbocycles. The molecule has 7 nitrogen and oxygen atoms in total. The van der Waals surface area contributed by atoms with Crippen LogP contribution < -0.4 is 10.6 Å². The minimum atomic E-state index is -0.454. The van der Waals surface area contributed by atoms with Gasteiger partial charge >= 0.3 is 6.09 Å². The number of aromatic nitrogens is 1. The highest BCUT2D eigenvalue weighted by atomic mass is 16.6. The number of amides is 2. The Balaban J connectivity index is 1.24. The molecule has 7 heteroatoms. The van der Waals surface area contributed by atoms with Crippen molar-refractivity contribution in [1.82, 2.24) is 20.1 Å². The van der Waals surface area contributed by atoms with E-state index in [2.05, 4.69) is 15.5 Å². The first-order valence-electron chi connectivity index (χ1n) is 12.2. The lowest BCUT2D eigenvalue weighted by Gasteiger charge is -2.21. The number of rotatable bonds is 10. The predicted molar refractivity (Wildman–Crippen MR) is 133 cm³/mol. The van der Waals surface area contributed by atoms with E-state index in [0.717, 1.165) is 55.4 Å². The minimum Gasteiger partial charge on any atom is -0.444 e. The van der Waals surface area contributed by atoms with E-state index in [1.54, 1.807) is 0 Å². The monoisotopic (exact) mass is 456 g/mol. The number of nitrogens with one attached hydrogen (secondary N) is 2. The van der Waals surface area contributed by atoms with Gasteiger partial charge in [0.25, 0.3) is 5.91 Å². The van der Waals surface area contributed by atoms with Crippen molar-refractivity contribution >= 4 is 22.9 Å². The molecule has 1 saturated heterocycles. The SMILES string of the molecule is Cn1cc(C(=O)NCCCCCCN2CC[C@H](CNC(=O)OC(C)(C)C)C2)c2ccccc21. The number of fused-ring (bicyclic) bond motifs is 1. The van der Waals surface area contributed by atoms with E-state index in [0.29, 0.717) is 19.0 Å². The average molecular weight is 457 g/mol. The van der Waals surface area contributed by atoms with Crippen molar-refractivity contribution in [2.24, 2.45) is 13.0 Å². The summed E-state index contributed by atoms with van der Waals surface area (Å²) in [6, 6.07) is 8.00. The second kappa shape index (κ2) is 11.5. The zero-order valence-corrected chi connectivity index (χ0v) is 20.7. The summed E-state index contributed by atoms with van der Waals surface area (Å²) in [4.78, 5) is 26.9. The molecule has 2 heterocycles. The zero-order valence-electron chi connectivity index (χ0n) is 20.7. The number of aryl methyl sites for hydroxylation is 1. The number of unbranched alkanes of at least 4 members (excludes halogenated alkanes) is 3. The summed E-state index contributed by atoms with van der Waals surface area (Å²) in [6.07, 6.45) is 7.16. The third-order valence-electron chi connectivity index (χ3n) is 6.13. The molecule has 0 radical (unpaired) electrons. The molecule has 1 aliphatic rings. The second-order valence-corrected chi connectivity index (χ2v) is 10.2. The predicted octanol–water partition coefficient (Wildman–Crippen LogP) is 4.32. The summed E-state index contributed by atoms with van der Waals surface area (Å²) < 4.78 is 7.31. The van der Waals surface area contributed by atoms with Gasteiger partial charge < -0.3 is 24.8 Å². The fourth-order valence-electron chi connectivity index (χ4n) is 4.46. The van der Waals surface area contributed by atoms with Crippen LogP contribution in [0, 0.1) is 5.92 Å². The van der Waals surface area contributed by atoms with Gasteiger partial charge in [-0.3, -0.25) is 4.79 Å². The van der Waals surface area contributed by atoms with Crippen molar-refractivity contribution in [3.05, 3.63) is 36.0 Å². The first kappa shape index (κ1) is 25.1. The van der Waals surface area contributed by atoms with Gasteiger partial charge in [-0.25, -0.2) is 4.79 Å². The molecule has 1 aromatic carbocycles. The molecule has 0 saturated carbocycles. The van der Waals surface area contributed by atoms with Gasteiger partial charge in [0.15, 0.2) is 0 Å². The van der Waals surface area contributed by atoms with Gasteiger partial charge in [0.2, 0.25) is 0 Å². The van der Waals surface area contributed by atoms with Gasteiger partial charge in [0.05, 0.1) is 5.56 Å². The highest BCUT2D eigenvalue weighted by Crippen LogP contribution is 2.20. The maximum Gasteiger partial charge on any atom is 0.407 e. The number of nitrogens with zero attached hydrogens (tertiary/aromatic N) is 2. The second-order valence-electron chi connectivity index (χ2n) is 10.2. The molecule has 182 valence electrons. The van der Waals surface area contributed by atoms with E-state index in [4.69, 9.17) is 4.74 Å². The van der Waals surface area contributed by atoms with Crippen molar-refractivity contribution in [3.8, 4) is 0 Å². The minimum absolute atomic E-state index is 0.00917. The van der Waals surface area contributed by atoms with Crippen molar-refractivity contribution in [2.75, 3.05) is 32.7 Å². The number of benzene rings is 1. The van der Waals surface area contributed by atoms with Crippen LogP contribution in [0.25, 0.3) is 10.9 Å². The van der Waals surface area contributed by atoms with E-state index in [1.165, 1.54) is 12.8 Å². The third kappa shape index (κ3) is 7.77. The molecule has 2 amide bonds. The molecular weight excluding hydrogens is 416 g/mol. The Labute approximate surface area is 197 Å². The van der Waals surface area contributed by atoms with Crippen molar-refractivity contribution in [3.63, 3.8) is 0 Å². The Morgan fingerprint density at radius 2 is 1.85 bits per heavy atom. The Morgan fingerprint density at radius 3 is 2.64 bits per heavy atom. The molecule has 1 fully saturated rings. The standard InChI is InChI=1S/C26H40N4O3/c1-26(2,3)33-25(32)28-17-20-13-16-30(18-20)15-10-6-5-9-14-27-24(31)22-19-29(4)23-12-8-7-11-21(22)23/h7-8,11-12,19-20H,5-6,9-10,13-18H2,1-4H3,(H,27,31)(H,28,32)/t20-/m1/s1. The van der Waals surface area contributed by atoms with E-state index >= 15 is 0 Å². The number of ether oxygens (including phenoxy) is 1. The van der Waals surface area contributed by atoms with Gasteiger partial charge in [0, 0.05) is 43.8 Å². The third-order valence-corrected chi connectivity index (χ3v) is 6.13. The fraction of sp³-hybridized carbons (Fsp3) is 0.615. The van der Waals surface area contributed by atoms with Gasteiger partial charge in [-0.15, -0.1) is 0 Å². The van der Waals surface area contributed by atoms with Crippen LogP contribution >= 0.6 is 0 Å². The lowest BCUT2D eigenvalue weighted by molar-refractivity contribution is 0.0519. The molecule has 33 heavy (non-hydrogen) atoms. The van der Waals surface area contributed by atoms with Crippen LogP contribution in [0.2, 0.25) is 0 Å². The molecular formula is C26H40N4O3. The fourth-order valence-corrected chi connectivity index (χ4v) is 4.46. The highest BCUT2D eigenvalue weighted by Gasteiger charge is 2.23. The van der Waals surface area contributed by atoms with Crippen LogP contribution in [0.3, 0.4) is 0 Å². The number of para-hydroxylation sites is 1. The summed E-state index contributed by atoms with van der Waals surface area (Å²) >= 11 is 0. The van der Waals surface area contributed by atoms with E-state index in [-0.39, 0.29) is 12.0 Å². The van der Waals surface area contributed by atoms with Crippen molar-refractivity contribution in [1.29, 1.82) is 0 Å². The highest BCUT2D eigenvalue weighted by molar-refractivity contribution is 6.06. The van der Waals surface area contributed by atoms with Crippen LogP contribution in [-0.2, 0) is 11.8 Å². The number of likely N-dealkylation sites (tertiary alicyclic amines) is 1. The summed E-state index contributed by atoms with van der Waals surface area (Å²) in [5.41, 5.74) is 1.37. The van der Waals surface area contributed by atoms with Gasteiger partial charge in [0.1, 0.15) is 5.60 Å². The zero-order chi connectivity index (χ0) is 23.8. The number of hydrogen-bond acceptors (Lipinski definition) is 4.